The van der Waals surface area contributed by atoms with Crippen LogP contribution in [0.5, 0.6) is 0 Å². The number of anilines is 3. The molecule has 1 N–H and O–H groups in total. The van der Waals surface area contributed by atoms with Gasteiger partial charge in [0.25, 0.3) is 0 Å². The molecule has 1 aromatic carbocycles. The molecule has 39 heavy (non-hydrogen) atoms. The van der Waals surface area contributed by atoms with Gasteiger partial charge in [-0.15, -0.1) is 4.09 Å². The summed E-state index contributed by atoms with van der Waals surface area (Å²) in [6, 6.07) is 16.6. The number of ether oxygens (including phenoxy) is 1. The Labute approximate surface area is 225 Å². The molecular formula is C26H26N8O4S. The molecule has 12 nitrogen and oxygen atoms in total. The van der Waals surface area contributed by atoms with Crippen molar-refractivity contribution in [3.8, 4) is 22.6 Å². The van der Waals surface area contributed by atoms with Crippen LogP contribution in [0.2, 0.25) is 0 Å². The van der Waals surface area contributed by atoms with Crippen molar-refractivity contribution in [3.05, 3.63) is 67.0 Å². The minimum atomic E-state index is -3.95. The normalized spacial score (nSPS) is 14.3. The Morgan fingerprint density at radius 3 is 2.41 bits per heavy atom. The number of furan rings is 1. The zero-order valence-corrected chi connectivity index (χ0v) is 22.2. The standard InChI is InChI=1S/C26H26N8O4S/c1-32(2)39(35,36)34-23(17-20(31-34)18-6-4-3-5-7-18)29-26-28-21-16-22(19-8-10-27-11-9-19)38-24(21)25(30-26)33-12-14-37-15-13-33/h3-11,16-17H,12-15H2,1-2H3,(H,28,29,30). The summed E-state index contributed by atoms with van der Waals surface area (Å²) in [6.45, 7) is 2.37. The summed E-state index contributed by atoms with van der Waals surface area (Å²) in [6.07, 6.45) is 3.39. The van der Waals surface area contributed by atoms with E-state index in [9.17, 15) is 8.42 Å². The zero-order valence-electron chi connectivity index (χ0n) is 21.4. The summed E-state index contributed by atoms with van der Waals surface area (Å²) in [7, 11) is -1.05. The van der Waals surface area contributed by atoms with E-state index in [1.807, 2.05) is 48.5 Å². The van der Waals surface area contributed by atoms with Crippen molar-refractivity contribution in [2.45, 2.75) is 0 Å². The van der Waals surface area contributed by atoms with Crippen molar-refractivity contribution < 1.29 is 17.6 Å². The number of hydrogen-bond donors (Lipinski definition) is 1. The average molecular weight is 547 g/mol. The zero-order chi connectivity index (χ0) is 27.0. The predicted molar refractivity (Wildman–Crippen MR) is 147 cm³/mol. The quantitative estimate of drug-likeness (QED) is 0.324. The lowest BCUT2D eigenvalue weighted by Crippen LogP contribution is -2.37. The third-order valence-electron chi connectivity index (χ3n) is 6.30. The van der Waals surface area contributed by atoms with Crippen LogP contribution in [-0.4, -0.2) is 77.3 Å². The first-order valence-corrected chi connectivity index (χ1v) is 13.7. The van der Waals surface area contributed by atoms with Crippen LogP contribution in [0.15, 0.2) is 71.4 Å². The van der Waals surface area contributed by atoms with Gasteiger partial charge in [-0.25, -0.2) is 4.98 Å². The molecule has 4 aromatic heterocycles. The van der Waals surface area contributed by atoms with Gasteiger partial charge in [-0.1, -0.05) is 30.3 Å². The van der Waals surface area contributed by atoms with E-state index in [0.29, 0.717) is 54.7 Å². The molecule has 1 fully saturated rings. The Bertz CT molecular complexity index is 1710. The molecule has 13 heteroatoms. The van der Waals surface area contributed by atoms with Crippen molar-refractivity contribution in [1.82, 2.24) is 28.4 Å². The van der Waals surface area contributed by atoms with Gasteiger partial charge in [-0.3, -0.25) is 4.98 Å². The van der Waals surface area contributed by atoms with Crippen LogP contribution < -0.4 is 10.2 Å². The van der Waals surface area contributed by atoms with Crippen molar-refractivity contribution >= 4 is 38.9 Å². The lowest BCUT2D eigenvalue weighted by atomic mass is 10.2. The minimum Gasteiger partial charge on any atom is -0.450 e. The number of pyridine rings is 1. The molecule has 200 valence electrons. The number of hydrogen-bond acceptors (Lipinski definition) is 10. The first kappa shape index (κ1) is 25.0. The number of morpholine rings is 1. The Morgan fingerprint density at radius 2 is 1.69 bits per heavy atom. The maximum Gasteiger partial charge on any atom is 0.324 e. The van der Waals surface area contributed by atoms with Gasteiger partial charge in [0.15, 0.2) is 11.4 Å². The number of nitrogens with zero attached hydrogens (tertiary/aromatic N) is 7. The van der Waals surface area contributed by atoms with Crippen LogP contribution in [0.25, 0.3) is 33.7 Å². The van der Waals surface area contributed by atoms with Gasteiger partial charge in [-0.2, -0.15) is 22.8 Å². The number of nitrogens with one attached hydrogen (secondary N) is 1. The number of fused-ring (bicyclic) bond motifs is 1. The second kappa shape index (κ2) is 10.1. The molecular weight excluding hydrogens is 520 g/mol. The fourth-order valence-corrected chi connectivity index (χ4v) is 5.11. The van der Waals surface area contributed by atoms with Crippen LogP contribution in [0.4, 0.5) is 17.6 Å². The highest BCUT2D eigenvalue weighted by atomic mass is 32.2. The molecule has 5 heterocycles. The molecule has 5 aromatic rings. The highest BCUT2D eigenvalue weighted by molar-refractivity contribution is 7.87. The Hall–Kier alpha value is -4.33. The third-order valence-corrected chi connectivity index (χ3v) is 7.93. The summed E-state index contributed by atoms with van der Waals surface area (Å²) in [5.74, 6) is 1.63. The van der Waals surface area contributed by atoms with E-state index in [0.717, 1.165) is 19.5 Å². The van der Waals surface area contributed by atoms with E-state index in [2.05, 4.69) is 25.3 Å². The molecule has 1 aliphatic heterocycles. The molecule has 0 bridgehead atoms. The summed E-state index contributed by atoms with van der Waals surface area (Å²) >= 11 is 0. The molecule has 0 unspecified atom stereocenters. The predicted octanol–water partition coefficient (Wildman–Crippen LogP) is 3.38. The second-order valence-corrected chi connectivity index (χ2v) is 11.0. The fraction of sp³-hybridized carbons (Fsp3) is 0.231. The molecule has 0 atom stereocenters. The van der Waals surface area contributed by atoms with E-state index in [1.165, 1.54) is 14.1 Å². The summed E-state index contributed by atoms with van der Waals surface area (Å²) < 4.78 is 40.2. The third kappa shape index (κ3) is 4.82. The van der Waals surface area contributed by atoms with Gasteiger partial charge < -0.3 is 19.4 Å². The summed E-state index contributed by atoms with van der Waals surface area (Å²) in [4.78, 5) is 15.6. The van der Waals surface area contributed by atoms with Gasteiger partial charge in [0.2, 0.25) is 5.95 Å². The lowest BCUT2D eigenvalue weighted by molar-refractivity contribution is 0.122. The Balaban J connectivity index is 1.47. The number of rotatable bonds is 7. The summed E-state index contributed by atoms with van der Waals surface area (Å²) in [5.41, 5.74) is 3.23. The maximum atomic E-state index is 13.2. The molecule has 0 amide bonds. The van der Waals surface area contributed by atoms with Crippen molar-refractivity contribution in [3.63, 3.8) is 0 Å². The van der Waals surface area contributed by atoms with Gasteiger partial charge >= 0.3 is 10.2 Å². The fourth-order valence-electron chi connectivity index (χ4n) is 4.26. The van der Waals surface area contributed by atoms with Crippen LogP contribution in [-0.2, 0) is 14.9 Å². The van der Waals surface area contributed by atoms with Crippen molar-refractivity contribution in [2.24, 2.45) is 0 Å². The van der Waals surface area contributed by atoms with Gasteiger partial charge in [0, 0.05) is 62.8 Å². The molecule has 0 aliphatic carbocycles. The monoisotopic (exact) mass is 546 g/mol. The van der Waals surface area contributed by atoms with Crippen LogP contribution in [0.1, 0.15) is 0 Å². The van der Waals surface area contributed by atoms with Gasteiger partial charge in [0.05, 0.1) is 18.9 Å². The first-order chi connectivity index (χ1) is 18.9. The number of benzene rings is 1. The van der Waals surface area contributed by atoms with Crippen molar-refractivity contribution in [1.29, 1.82) is 0 Å². The van der Waals surface area contributed by atoms with E-state index in [-0.39, 0.29) is 11.8 Å². The second-order valence-electron chi connectivity index (χ2n) is 9.07. The van der Waals surface area contributed by atoms with E-state index in [1.54, 1.807) is 18.5 Å². The van der Waals surface area contributed by atoms with E-state index < -0.39 is 10.2 Å². The number of aromatic nitrogens is 5. The average Bonchev–Trinajstić information content (AvgIpc) is 3.59. The first-order valence-electron chi connectivity index (χ1n) is 12.3. The SMILES string of the molecule is CN(C)S(=O)(=O)n1nc(-c2ccccc2)cc1Nc1nc(N2CCOCC2)c2oc(-c3ccncc3)cc2n1. The van der Waals surface area contributed by atoms with E-state index in [4.69, 9.17) is 14.1 Å². The van der Waals surface area contributed by atoms with Gasteiger partial charge in [-0.05, 0) is 12.1 Å². The molecule has 0 saturated carbocycles. The van der Waals surface area contributed by atoms with Crippen LogP contribution in [0, 0.1) is 0 Å². The molecule has 0 spiro atoms. The van der Waals surface area contributed by atoms with Crippen molar-refractivity contribution in [2.75, 3.05) is 50.6 Å². The molecule has 0 radical (unpaired) electrons. The minimum absolute atomic E-state index is 0.202. The largest absolute Gasteiger partial charge is 0.450 e. The Kier molecular flexibility index (Phi) is 6.46. The smallest absolute Gasteiger partial charge is 0.324 e. The maximum absolute atomic E-state index is 13.2. The molecule has 1 saturated heterocycles. The Morgan fingerprint density at radius 1 is 0.949 bits per heavy atom. The highest BCUT2D eigenvalue weighted by Gasteiger charge is 2.26. The molecule has 1 aliphatic rings. The van der Waals surface area contributed by atoms with Crippen LogP contribution in [0.3, 0.4) is 0 Å². The van der Waals surface area contributed by atoms with E-state index >= 15 is 0 Å². The molecule has 6 rings (SSSR count). The van der Waals surface area contributed by atoms with Crippen LogP contribution >= 0.6 is 0 Å². The topological polar surface area (TPSA) is 132 Å². The summed E-state index contributed by atoms with van der Waals surface area (Å²) in [5, 5.41) is 7.51. The highest BCUT2D eigenvalue weighted by Crippen LogP contribution is 2.34. The lowest BCUT2D eigenvalue weighted by Gasteiger charge is -2.27. The van der Waals surface area contributed by atoms with Gasteiger partial charge in [0.1, 0.15) is 17.1 Å².